The molecule has 0 aromatic rings. The minimum Gasteiger partial charge on any atom is -0.469 e. The summed E-state index contributed by atoms with van der Waals surface area (Å²) in [6, 6.07) is 0. The Hall–Kier alpha value is -1.05. The molecule has 0 bridgehead atoms. The van der Waals surface area contributed by atoms with Crippen molar-refractivity contribution in [1.82, 2.24) is 0 Å². The van der Waals surface area contributed by atoms with Gasteiger partial charge in [-0.05, 0) is 38.5 Å². The van der Waals surface area contributed by atoms with E-state index in [-0.39, 0.29) is 5.97 Å². The van der Waals surface area contributed by atoms with Gasteiger partial charge in [0.05, 0.1) is 7.11 Å². The van der Waals surface area contributed by atoms with Crippen LogP contribution in [0.1, 0.15) is 135 Å². The molecule has 0 saturated heterocycles. The Bertz CT molecular complexity index is 384. The second-order valence-electron chi connectivity index (χ2n) is 8.37. The Morgan fingerprint density at radius 3 is 1.38 bits per heavy atom. The van der Waals surface area contributed by atoms with Gasteiger partial charge in [-0.1, -0.05) is 115 Å². The maximum atomic E-state index is 11.0. The van der Waals surface area contributed by atoms with Gasteiger partial charge in [-0.15, -0.1) is 0 Å². The van der Waals surface area contributed by atoms with E-state index in [4.69, 9.17) is 0 Å². The molecule has 0 aromatic heterocycles. The molecule has 0 radical (unpaired) electrons. The van der Waals surface area contributed by atoms with Gasteiger partial charge in [-0.25, -0.2) is 0 Å². The van der Waals surface area contributed by atoms with E-state index in [1.54, 1.807) is 0 Å². The molecule has 0 aliphatic heterocycles. The van der Waals surface area contributed by atoms with Gasteiger partial charge < -0.3 is 4.74 Å². The number of carbonyl (C=O) groups is 1. The minimum atomic E-state index is -0.107. The molecule has 0 fully saturated rings. The lowest BCUT2D eigenvalue weighted by atomic mass is 10.0. The standard InChI is InChI=1S/C27H50O2/c1-3-4-5-6-7-8-9-10-11-12-13-14-15-16-17-18-19-20-21-22-23-24-25-26-27(28)29-2/h18-19,22-23H,3-17,20-21,24-26H2,1-2H3/b19-18+,23-22-. The summed E-state index contributed by atoms with van der Waals surface area (Å²) >= 11 is 0. The van der Waals surface area contributed by atoms with Crippen LogP contribution in [0.2, 0.25) is 0 Å². The fourth-order valence-corrected chi connectivity index (χ4v) is 3.59. The van der Waals surface area contributed by atoms with Crippen molar-refractivity contribution in [1.29, 1.82) is 0 Å². The van der Waals surface area contributed by atoms with Crippen LogP contribution in [0.15, 0.2) is 24.3 Å². The quantitative estimate of drug-likeness (QED) is 0.102. The largest absolute Gasteiger partial charge is 0.469 e. The van der Waals surface area contributed by atoms with Gasteiger partial charge in [0, 0.05) is 6.42 Å². The lowest BCUT2D eigenvalue weighted by Gasteiger charge is -2.02. The van der Waals surface area contributed by atoms with Crippen LogP contribution in [-0.4, -0.2) is 13.1 Å². The van der Waals surface area contributed by atoms with Crippen molar-refractivity contribution in [3.8, 4) is 0 Å². The van der Waals surface area contributed by atoms with Crippen LogP contribution in [-0.2, 0) is 9.53 Å². The predicted octanol–water partition coefficient (Wildman–Crippen LogP) is 9.09. The molecule has 0 unspecified atom stereocenters. The van der Waals surface area contributed by atoms with E-state index in [1.165, 1.54) is 103 Å². The normalized spacial score (nSPS) is 11.7. The second-order valence-corrected chi connectivity index (χ2v) is 8.37. The number of rotatable bonds is 22. The smallest absolute Gasteiger partial charge is 0.305 e. The molecule has 0 aromatic carbocycles. The summed E-state index contributed by atoms with van der Waals surface area (Å²) in [7, 11) is 1.45. The molecule has 0 saturated carbocycles. The SMILES string of the molecule is CCCCCCCCCCCCCCCC/C=C/CC/C=C\CCCC(=O)OC. The lowest BCUT2D eigenvalue weighted by Crippen LogP contribution is -1.98. The first-order valence-electron chi connectivity index (χ1n) is 12.7. The molecule has 0 amide bonds. The Balaban J connectivity index is 3.16. The van der Waals surface area contributed by atoms with Gasteiger partial charge in [0.1, 0.15) is 0 Å². The van der Waals surface area contributed by atoms with Crippen molar-refractivity contribution in [3.63, 3.8) is 0 Å². The van der Waals surface area contributed by atoms with Crippen molar-refractivity contribution in [2.24, 2.45) is 0 Å². The van der Waals surface area contributed by atoms with Crippen molar-refractivity contribution in [3.05, 3.63) is 24.3 Å². The van der Waals surface area contributed by atoms with Gasteiger partial charge in [-0.3, -0.25) is 4.79 Å². The van der Waals surface area contributed by atoms with Crippen molar-refractivity contribution in [2.75, 3.05) is 7.11 Å². The van der Waals surface area contributed by atoms with Crippen LogP contribution >= 0.6 is 0 Å². The first-order chi connectivity index (χ1) is 14.3. The highest BCUT2D eigenvalue weighted by molar-refractivity contribution is 5.69. The van der Waals surface area contributed by atoms with Gasteiger partial charge in [0.25, 0.3) is 0 Å². The van der Waals surface area contributed by atoms with E-state index in [1.807, 2.05) is 0 Å². The summed E-state index contributed by atoms with van der Waals surface area (Å²) in [6.07, 6.45) is 34.9. The Morgan fingerprint density at radius 1 is 0.552 bits per heavy atom. The zero-order valence-corrected chi connectivity index (χ0v) is 19.8. The molecule has 0 N–H and O–H groups in total. The lowest BCUT2D eigenvalue weighted by molar-refractivity contribution is -0.140. The average Bonchev–Trinajstić information content (AvgIpc) is 2.74. The molecular formula is C27H50O2. The fourth-order valence-electron chi connectivity index (χ4n) is 3.59. The number of hydrogen-bond acceptors (Lipinski definition) is 2. The van der Waals surface area contributed by atoms with Gasteiger partial charge in [-0.2, -0.15) is 0 Å². The van der Waals surface area contributed by atoms with E-state index in [2.05, 4.69) is 36.0 Å². The second kappa shape index (κ2) is 25.0. The van der Waals surface area contributed by atoms with E-state index in [9.17, 15) is 4.79 Å². The van der Waals surface area contributed by atoms with E-state index >= 15 is 0 Å². The third-order valence-corrected chi connectivity index (χ3v) is 5.54. The van der Waals surface area contributed by atoms with E-state index in [0.717, 1.165) is 25.7 Å². The molecule has 0 atom stereocenters. The Labute approximate surface area is 182 Å². The summed E-state index contributed by atoms with van der Waals surface area (Å²) in [5.41, 5.74) is 0. The van der Waals surface area contributed by atoms with Gasteiger partial charge >= 0.3 is 5.97 Å². The number of carbonyl (C=O) groups excluding carboxylic acids is 1. The molecule has 0 aliphatic carbocycles. The molecule has 2 nitrogen and oxygen atoms in total. The maximum Gasteiger partial charge on any atom is 0.305 e. The van der Waals surface area contributed by atoms with Crippen LogP contribution in [0.5, 0.6) is 0 Å². The number of hydrogen-bond donors (Lipinski definition) is 0. The average molecular weight is 407 g/mol. The third-order valence-electron chi connectivity index (χ3n) is 5.54. The van der Waals surface area contributed by atoms with Crippen LogP contribution in [0.25, 0.3) is 0 Å². The minimum absolute atomic E-state index is 0.107. The summed E-state index contributed by atoms with van der Waals surface area (Å²) in [4.78, 5) is 11.0. The predicted molar refractivity (Wildman–Crippen MR) is 128 cm³/mol. The first-order valence-corrected chi connectivity index (χ1v) is 12.7. The van der Waals surface area contributed by atoms with Crippen molar-refractivity contribution in [2.45, 2.75) is 135 Å². The molecular weight excluding hydrogens is 356 g/mol. The molecule has 0 rings (SSSR count). The van der Waals surface area contributed by atoms with Crippen LogP contribution in [0.4, 0.5) is 0 Å². The molecule has 0 aliphatic rings. The summed E-state index contributed by atoms with van der Waals surface area (Å²) in [5, 5.41) is 0. The number of allylic oxidation sites excluding steroid dienone is 4. The first kappa shape index (κ1) is 27.9. The molecule has 2 heteroatoms. The zero-order valence-electron chi connectivity index (χ0n) is 19.8. The highest BCUT2D eigenvalue weighted by atomic mass is 16.5. The van der Waals surface area contributed by atoms with Crippen LogP contribution < -0.4 is 0 Å². The van der Waals surface area contributed by atoms with Crippen LogP contribution in [0.3, 0.4) is 0 Å². The maximum absolute atomic E-state index is 11.0. The number of esters is 1. The number of methoxy groups -OCH3 is 1. The molecule has 170 valence electrons. The van der Waals surface area contributed by atoms with Gasteiger partial charge in [0.15, 0.2) is 0 Å². The Kier molecular flexibility index (Phi) is 24.1. The van der Waals surface area contributed by atoms with E-state index < -0.39 is 0 Å². The Morgan fingerprint density at radius 2 is 0.931 bits per heavy atom. The summed E-state index contributed by atoms with van der Waals surface area (Å²) < 4.78 is 4.63. The summed E-state index contributed by atoms with van der Waals surface area (Å²) in [6.45, 7) is 2.29. The molecule has 0 heterocycles. The fraction of sp³-hybridized carbons (Fsp3) is 0.815. The van der Waals surface area contributed by atoms with Crippen LogP contribution in [0, 0.1) is 0 Å². The molecule has 0 spiro atoms. The molecule has 29 heavy (non-hydrogen) atoms. The number of ether oxygens (including phenoxy) is 1. The topological polar surface area (TPSA) is 26.3 Å². The zero-order chi connectivity index (χ0) is 21.3. The highest BCUT2D eigenvalue weighted by Gasteiger charge is 1.96. The van der Waals surface area contributed by atoms with Crippen molar-refractivity contribution < 1.29 is 9.53 Å². The monoisotopic (exact) mass is 406 g/mol. The number of unbranched alkanes of at least 4 members (excludes halogenated alkanes) is 16. The summed E-state index contributed by atoms with van der Waals surface area (Å²) in [5.74, 6) is -0.107. The van der Waals surface area contributed by atoms with Crippen molar-refractivity contribution >= 4 is 5.97 Å². The highest BCUT2D eigenvalue weighted by Crippen LogP contribution is 2.13. The van der Waals surface area contributed by atoms with Gasteiger partial charge in [0.2, 0.25) is 0 Å². The van der Waals surface area contributed by atoms with E-state index in [0.29, 0.717) is 6.42 Å². The third kappa shape index (κ3) is 24.9.